The average molecular weight is 375 g/mol. The first-order chi connectivity index (χ1) is 13.7. The summed E-state index contributed by atoms with van der Waals surface area (Å²) >= 11 is 0. The number of hydrogen-bond donors (Lipinski definition) is 1. The SMILES string of the molecule is CCOc1ccc(NC(=O)/C(C#N)=C\c2ccc(N3CCCCC3)cc2)cc1. The van der Waals surface area contributed by atoms with Crippen molar-refractivity contribution in [2.75, 3.05) is 29.9 Å². The molecule has 2 aromatic carbocycles. The quantitative estimate of drug-likeness (QED) is 0.591. The van der Waals surface area contributed by atoms with Crippen LogP contribution in [0.25, 0.3) is 6.08 Å². The number of ether oxygens (including phenoxy) is 1. The fourth-order valence-corrected chi connectivity index (χ4v) is 3.25. The molecule has 5 heteroatoms. The van der Waals surface area contributed by atoms with E-state index in [0.717, 1.165) is 24.4 Å². The number of carbonyl (C=O) groups excluding carboxylic acids is 1. The highest BCUT2D eigenvalue weighted by molar-refractivity contribution is 6.09. The van der Waals surface area contributed by atoms with Crippen molar-refractivity contribution in [2.45, 2.75) is 26.2 Å². The lowest BCUT2D eigenvalue weighted by Crippen LogP contribution is -2.29. The minimum Gasteiger partial charge on any atom is -0.494 e. The number of hydrogen-bond acceptors (Lipinski definition) is 4. The zero-order valence-electron chi connectivity index (χ0n) is 16.1. The maximum absolute atomic E-state index is 12.4. The van der Waals surface area contributed by atoms with E-state index in [4.69, 9.17) is 4.74 Å². The Labute approximate surface area is 166 Å². The molecule has 144 valence electrons. The molecule has 1 aliphatic heterocycles. The van der Waals surface area contributed by atoms with E-state index < -0.39 is 5.91 Å². The van der Waals surface area contributed by atoms with Crippen molar-refractivity contribution < 1.29 is 9.53 Å². The Hall–Kier alpha value is -3.26. The van der Waals surface area contributed by atoms with E-state index in [9.17, 15) is 10.1 Å². The van der Waals surface area contributed by atoms with Crippen LogP contribution in [0.4, 0.5) is 11.4 Å². The molecule has 0 aliphatic carbocycles. The molecule has 28 heavy (non-hydrogen) atoms. The van der Waals surface area contributed by atoms with Crippen LogP contribution in [0.3, 0.4) is 0 Å². The normalized spacial score (nSPS) is 14.3. The summed E-state index contributed by atoms with van der Waals surface area (Å²) < 4.78 is 5.39. The van der Waals surface area contributed by atoms with Crippen molar-refractivity contribution in [3.63, 3.8) is 0 Å². The minimum absolute atomic E-state index is 0.0691. The first-order valence-electron chi connectivity index (χ1n) is 9.70. The van der Waals surface area contributed by atoms with Crippen LogP contribution in [0.15, 0.2) is 54.1 Å². The van der Waals surface area contributed by atoms with Gasteiger partial charge in [0.15, 0.2) is 0 Å². The van der Waals surface area contributed by atoms with Crippen molar-refractivity contribution in [3.05, 3.63) is 59.7 Å². The first kappa shape index (κ1) is 19.5. The van der Waals surface area contributed by atoms with Crippen LogP contribution in [0.5, 0.6) is 5.75 Å². The van der Waals surface area contributed by atoms with Gasteiger partial charge in [-0.3, -0.25) is 4.79 Å². The predicted octanol–water partition coefficient (Wildman–Crippen LogP) is 4.62. The summed E-state index contributed by atoms with van der Waals surface area (Å²) in [6.07, 6.45) is 5.37. The molecule has 1 heterocycles. The van der Waals surface area contributed by atoms with Gasteiger partial charge in [-0.2, -0.15) is 5.26 Å². The Balaban J connectivity index is 1.66. The van der Waals surface area contributed by atoms with Crippen LogP contribution >= 0.6 is 0 Å². The van der Waals surface area contributed by atoms with Crippen LogP contribution < -0.4 is 15.0 Å². The number of nitriles is 1. The van der Waals surface area contributed by atoms with E-state index in [-0.39, 0.29) is 5.57 Å². The second-order valence-corrected chi connectivity index (χ2v) is 6.72. The van der Waals surface area contributed by atoms with Gasteiger partial charge in [-0.15, -0.1) is 0 Å². The molecule has 0 saturated carbocycles. The Morgan fingerprint density at radius 2 is 1.79 bits per heavy atom. The third kappa shape index (κ3) is 5.14. The van der Waals surface area contributed by atoms with Gasteiger partial charge < -0.3 is 15.0 Å². The standard InChI is InChI=1S/C23H25N3O2/c1-2-28-22-12-8-20(9-13-22)25-23(27)19(17-24)16-18-6-10-21(11-7-18)26-14-4-3-5-15-26/h6-13,16H,2-5,14-15H2,1H3,(H,25,27)/b19-16-. The Bertz CT molecular complexity index is 858. The van der Waals surface area contributed by atoms with Crippen molar-refractivity contribution >= 4 is 23.4 Å². The van der Waals surface area contributed by atoms with Crippen LogP contribution in [-0.2, 0) is 4.79 Å². The lowest BCUT2D eigenvalue weighted by molar-refractivity contribution is -0.112. The van der Waals surface area contributed by atoms with E-state index in [1.165, 1.54) is 24.9 Å². The third-order valence-electron chi connectivity index (χ3n) is 4.71. The number of amides is 1. The van der Waals surface area contributed by atoms with Crippen molar-refractivity contribution in [3.8, 4) is 11.8 Å². The van der Waals surface area contributed by atoms with E-state index >= 15 is 0 Å². The van der Waals surface area contributed by atoms with E-state index in [1.54, 1.807) is 30.3 Å². The Kier molecular flexibility index (Phi) is 6.69. The van der Waals surface area contributed by atoms with Gasteiger partial charge >= 0.3 is 0 Å². The molecule has 0 atom stereocenters. The summed E-state index contributed by atoms with van der Waals surface area (Å²) in [5.74, 6) is 0.317. The van der Waals surface area contributed by atoms with Gasteiger partial charge in [0.05, 0.1) is 6.61 Å². The van der Waals surface area contributed by atoms with Crippen molar-refractivity contribution in [2.24, 2.45) is 0 Å². The summed E-state index contributed by atoms with van der Waals surface area (Å²) in [7, 11) is 0. The lowest BCUT2D eigenvalue weighted by atomic mass is 10.1. The molecule has 0 spiro atoms. The molecule has 1 saturated heterocycles. The van der Waals surface area contributed by atoms with Gasteiger partial charge in [0.25, 0.3) is 5.91 Å². The van der Waals surface area contributed by atoms with E-state index in [2.05, 4.69) is 22.3 Å². The number of nitrogens with zero attached hydrogens (tertiary/aromatic N) is 2. The average Bonchev–Trinajstić information content (AvgIpc) is 2.74. The van der Waals surface area contributed by atoms with Crippen LogP contribution in [-0.4, -0.2) is 25.6 Å². The lowest BCUT2D eigenvalue weighted by Gasteiger charge is -2.28. The zero-order valence-corrected chi connectivity index (χ0v) is 16.1. The maximum atomic E-state index is 12.4. The Morgan fingerprint density at radius 1 is 1.11 bits per heavy atom. The fraction of sp³-hybridized carbons (Fsp3) is 0.304. The first-order valence-corrected chi connectivity index (χ1v) is 9.70. The van der Waals surface area contributed by atoms with Crippen LogP contribution in [0.2, 0.25) is 0 Å². The summed E-state index contributed by atoms with van der Waals surface area (Å²) in [4.78, 5) is 14.8. The summed E-state index contributed by atoms with van der Waals surface area (Å²) in [5.41, 5.74) is 2.71. The van der Waals surface area contributed by atoms with Gasteiger partial charge in [-0.05, 0) is 74.2 Å². The highest BCUT2D eigenvalue weighted by Gasteiger charge is 2.12. The van der Waals surface area contributed by atoms with Crippen molar-refractivity contribution in [1.82, 2.24) is 0 Å². The highest BCUT2D eigenvalue weighted by Crippen LogP contribution is 2.21. The van der Waals surface area contributed by atoms with Gasteiger partial charge in [-0.1, -0.05) is 12.1 Å². The maximum Gasteiger partial charge on any atom is 0.266 e. The van der Waals surface area contributed by atoms with Crippen molar-refractivity contribution in [1.29, 1.82) is 5.26 Å². The topological polar surface area (TPSA) is 65.4 Å². The zero-order chi connectivity index (χ0) is 19.8. The van der Waals surface area contributed by atoms with E-state index in [0.29, 0.717) is 12.3 Å². The van der Waals surface area contributed by atoms with Crippen LogP contribution in [0.1, 0.15) is 31.7 Å². The summed E-state index contributed by atoms with van der Waals surface area (Å²) in [5, 5.41) is 12.2. The number of nitrogens with one attached hydrogen (secondary N) is 1. The second-order valence-electron chi connectivity index (χ2n) is 6.72. The minimum atomic E-state index is -0.424. The van der Waals surface area contributed by atoms with Gasteiger partial charge in [0.2, 0.25) is 0 Å². The molecule has 2 aromatic rings. The molecule has 3 rings (SSSR count). The second kappa shape index (κ2) is 9.61. The molecule has 0 unspecified atom stereocenters. The summed E-state index contributed by atoms with van der Waals surface area (Å²) in [6.45, 7) is 4.68. The molecule has 1 fully saturated rings. The van der Waals surface area contributed by atoms with Gasteiger partial charge in [0.1, 0.15) is 17.4 Å². The third-order valence-corrected chi connectivity index (χ3v) is 4.71. The molecule has 0 radical (unpaired) electrons. The largest absolute Gasteiger partial charge is 0.494 e. The molecule has 1 N–H and O–H groups in total. The number of anilines is 2. The molecule has 0 aromatic heterocycles. The number of rotatable bonds is 6. The smallest absolute Gasteiger partial charge is 0.266 e. The van der Waals surface area contributed by atoms with Gasteiger partial charge in [0, 0.05) is 24.5 Å². The number of carbonyl (C=O) groups is 1. The highest BCUT2D eigenvalue weighted by atomic mass is 16.5. The molecular formula is C23H25N3O2. The fourth-order valence-electron chi connectivity index (χ4n) is 3.25. The number of benzene rings is 2. The molecule has 1 amide bonds. The monoisotopic (exact) mass is 375 g/mol. The van der Waals surface area contributed by atoms with Crippen LogP contribution in [0, 0.1) is 11.3 Å². The molecular weight excluding hydrogens is 350 g/mol. The predicted molar refractivity (Wildman–Crippen MR) is 112 cm³/mol. The number of piperidine rings is 1. The molecule has 1 aliphatic rings. The molecule has 0 bridgehead atoms. The van der Waals surface area contributed by atoms with Gasteiger partial charge in [-0.25, -0.2) is 0 Å². The van der Waals surface area contributed by atoms with E-state index in [1.807, 2.05) is 25.1 Å². The summed E-state index contributed by atoms with van der Waals surface area (Å²) in [6, 6.07) is 17.1. The molecule has 5 nitrogen and oxygen atoms in total. The Morgan fingerprint density at radius 3 is 2.39 bits per heavy atom.